The van der Waals surface area contributed by atoms with Crippen LogP contribution in [0, 0.1) is 6.92 Å². The number of halogens is 1. The summed E-state index contributed by atoms with van der Waals surface area (Å²) in [6, 6.07) is 20.5. The molecule has 1 fully saturated rings. The van der Waals surface area contributed by atoms with Crippen molar-refractivity contribution < 1.29 is 4.79 Å². The van der Waals surface area contributed by atoms with Gasteiger partial charge in [0.15, 0.2) is 0 Å². The van der Waals surface area contributed by atoms with Gasteiger partial charge in [-0.1, -0.05) is 51.8 Å². The van der Waals surface area contributed by atoms with E-state index < -0.39 is 0 Å². The summed E-state index contributed by atoms with van der Waals surface area (Å²) in [5.74, 6) is 0.0830. The van der Waals surface area contributed by atoms with E-state index in [4.69, 9.17) is 4.98 Å². The molecule has 32 heavy (non-hydrogen) atoms. The van der Waals surface area contributed by atoms with Crippen molar-refractivity contribution in [3.05, 3.63) is 86.5 Å². The molecule has 0 bridgehead atoms. The number of benzene rings is 2. The lowest BCUT2D eigenvalue weighted by atomic mass is 10.0. The lowest BCUT2D eigenvalue weighted by molar-refractivity contribution is 0.0631. The van der Waals surface area contributed by atoms with E-state index in [0.717, 1.165) is 64.9 Å². The molecule has 0 atom stereocenters. The number of hydrogen-bond donors (Lipinski definition) is 0. The van der Waals surface area contributed by atoms with Crippen LogP contribution in [0.2, 0.25) is 0 Å². The summed E-state index contributed by atoms with van der Waals surface area (Å²) in [7, 11) is 0. The fourth-order valence-corrected chi connectivity index (χ4v) is 5.26. The molecule has 4 nitrogen and oxygen atoms in total. The van der Waals surface area contributed by atoms with Gasteiger partial charge in [0.25, 0.3) is 5.91 Å². The van der Waals surface area contributed by atoms with Crippen LogP contribution in [0.15, 0.2) is 70.5 Å². The van der Waals surface area contributed by atoms with Crippen molar-refractivity contribution in [2.45, 2.75) is 13.5 Å². The van der Waals surface area contributed by atoms with E-state index in [1.807, 2.05) is 29.2 Å². The van der Waals surface area contributed by atoms with Gasteiger partial charge in [-0.05, 0) is 42.6 Å². The summed E-state index contributed by atoms with van der Waals surface area (Å²) in [5.41, 5.74) is 4.62. The fourth-order valence-electron chi connectivity index (χ4n) is 4.15. The molecule has 3 heterocycles. The molecule has 1 aliphatic heterocycles. The molecule has 5 rings (SSSR count). The van der Waals surface area contributed by atoms with Crippen LogP contribution >= 0.6 is 27.3 Å². The Kier molecular flexibility index (Phi) is 6.09. The maximum absolute atomic E-state index is 13.7. The average molecular weight is 506 g/mol. The van der Waals surface area contributed by atoms with Crippen molar-refractivity contribution in [2.24, 2.45) is 0 Å². The number of carbonyl (C=O) groups excluding carboxylic acids is 1. The number of fused-ring (bicyclic) bond motifs is 1. The number of thiophene rings is 1. The highest BCUT2D eigenvalue weighted by Crippen LogP contribution is 2.28. The first kappa shape index (κ1) is 21.3. The maximum atomic E-state index is 13.7. The van der Waals surface area contributed by atoms with Crippen LogP contribution in [0.5, 0.6) is 0 Å². The van der Waals surface area contributed by atoms with Gasteiger partial charge in [0.1, 0.15) is 0 Å². The highest BCUT2D eigenvalue weighted by molar-refractivity contribution is 9.10. The maximum Gasteiger partial charge on any atom is 0.254 e. The summed E-state index contributed by atoms with van der Waals surface area (Å²) in [4.78, 5) is 24.3. The molecular formula is C26H24BrN3OS. The van der Waals surface area contributed by atoms with E-state index in [-0.39, 0.29) is 5.91 Å². The topological polar surface area (TPSA) is 36.4 Å². The molecule has 6 heteroatoms. The molecule has 2 aromatic heterocycles. The highest BCUT2D eigenvalue weighted by atomic mass is 79.9. The summed E-state index contributed by atoms with van der Waals surface area (Å²) < 4.78 is 0.949. The standard InChI is InChI=1S/C26H24BrN3OS/c1-18-4-6-19(7-5-18)25-16-23(22-15-20(27)8-9-24(22)28-25)26(31)30-12-10-29(11-13-30)17-21-3-2-14-32-21/h2-9,14-16H,10-13,17H2,1H3. The number of pyridine rings is 1. The minimum atomic E-state index is 0.0830. The van der Waals surface area contributed by atoms with Gasteiger partial charge in [0, 0.05) is 53.0 Å². The fraction of sp³-hybridized carbons (Fsp3) is 0.231. The summed E-state index contributed by atoms with van der Waals surface area (Å²) in [6.45, 7) is 6.29. The van der Waals surface area contributed by atoms with E-state index in [1.165, 1.54) is 10.4 Å². The Morgan fingerprint density at radius 3 is 2.53 bits per heavy atom. The van der Waals surface area contributed by atoms with Crippen LogP contribution in [0.25, 0.3) is 22.2 Å². The molecule has 0 unspecified atom stereocenters. The Hall–Kier alpha value is -2.54. The third-order valence-corrected chi connectivity index (χ3v) is 7.32. The second kappa shape index (κ2) is 9.14. The molecule has 0 N–H and O–H groups in total. The van der Waals surface area contributed by atoms with Crippen LogP contribution in [0.4, 0.5) is 0 Å². The Labute approximate surface area is 200 Å². The van der Waals surface area contributed by atoms with Crippen LogP contribution in [0.1, 0.15) is 20.8 Å². The van der Waals surface area contributed by atoms with Gasteiger partial charge >= 0.3 is 0 Å². The first-order valence-corrected chi connectivity index (χ1v) is 12.5. The molecule has 4 aromatic rings. The first-order chi connectivity index (χ1) is 15.6. The minimum Gasteiger partial charge on any atom is -0.336 e. The van der Waals surface area contributed by atoms with Gasteiger partial charge < -0.3 is 4.90 Å². The van der Waals surface area contributed by atoms with Gasteiger partial charge in [-0.25, -0.2) is 4.98 Å². The van der Waals surface area contributed by atoms with Crippen molar-refractivity contribution in [3.63, 3.8) is 0 Å². The van der Waals surface area contributed by atoms with Crippen molar-refractivity contribution in [1.29, 1.82) is 0 Å². The number of nitrogens with zero attached hydrogens (tertiary/aromatic N) is 3. The second-order valence-corrected chi connectivity index (χ2v) is 10.2. The molecular weight excluding hydrogens is 482 g/mol. The van der Waals surface area contributed by atoms with Gasteiger partial charge in [-0.2, -0.15) is 0 Å². The molecule has 0 saturated carbocycles. The van der Waals surface area contributed by atoms with Crippen molar-refractivity contribution >= 4 is 44.1 Å². The average Bonchev–Trinajstić information content (AvgIpc) is 3.32. The number of hydrogen-bond acceptors (Lipinski definition) is 4. The van der Waals surface area contributed by atoms with Gasteiger partial charge in [-0.3, -0.25) is 9.69 Å². The first-order valence-electron chi connectivity index (χ1n) is 10.8. The van der Waals surface area contributed by atoms with Crippen LogP contribution in [-0.4, -0.2) is 46.9 Å². The third-order valence-electron chi connectivity index (χ3n) is 5.97. The van der Waals surface area contributed by atoms with Gasteiger partial charge in [0.05, 0.1) is 16.8 Å². The zero-order valence-corrected chi connectivity index (χ0v) is 20.3. The Morgan fingerprint density at radius 2 is 1.81 bits per heavy atom. The zero-order valence-electron chi connectivity index (χ0n) is 17.9. The summed E-state index contributed by atoms with van der Waals surface area (Å²) in [6.07, 6.45) is 0. The van der Waals surface area contributed by atoms with Gasteiger partial charge in [-0.15, -0.1) is 11.3 Å². The van der Waals surface area contributed by atoms with E-state index in [9.17, 15) is 4.79 Å². The van der Waals surface area contributed by atoms with E-state index in [0.29, 0.717) is 0 Å². The monoisotopic (exact) mass is 505 g/mol. The quantitative estimate of drug-likeness (QED) is 0.341. The number of aryl methyl sites for hydroxylation is 1. The summed E-state index contributed by atoms with van der Waals surface area (Å²) in [5, 5.41) is 3.01. The molecule has 1 aliphatic rings. The van der Waals surface area contributed by atoms with E-state index >= 15 is 0 Å². The largest absolute Gasteiger partial charge is 0.336 e. The van der Waals surface area contributed by atoms with E-state index in [2.05, 4.69) is 69.5 Å². The highest BCUT2D eigenvalue weighted by Gasteiger charge is 2.24. The van der Waals surface area contributed by atoms with E-state index in [1.54, 1.807) is 11.3 Å². The number of aromatic nitrogens is 1. The smallest absolute Gasteiger partial charge is 0.254 e. The lowest BCUT2D eigenvalue weighted by Crippen LogP contribution is -2.48. The van der Waals surface area contributed by atoms with Gasteiger partial charge in [0.2, 0.25) is 0 Å². The summed E-state index contributed by atoms with van der Waals surface area (Å²) >= 11 is 5.35. The number of amides is 1. The normalized spacial score (nSPS) is 14.8. The van der Waals surface area contributed by atoms with Crippen LogP contribution < -0.4 is 0 Å². The SMILES string of the molecule is Cc1ccc(-c2cc(C(=O)N3CCN(Cc4cccs4)CC3)c3cc(Br)ccc3n2)cc1. The number of carbonyl (C=O) groups is 1. The number of rotatable bonds is 4. The zero-order chi connectivity index (χ0) is 22.1. The minimum absolute atomic E-state index is 0.0830. The lowest BCUT2D eigenvalue weighted by Gasteiger charge is -2.34. The van der Waals surface area contributed by atoms with Crippen molar-refractivity contribution in [3.8, 4) is 11.3 Å². The molecule has 0 spiro atoms. The molecule has 1 saturated heterocycles. The molecule has 162 valence electrons. The Bertz CT molecular complexity index is 1250. The predicted molar refractivity (Wildman–Crippen MR) is 135 cm³/mol. The predicted octanol–water partition coefficient (Wildman–Crippen LogP) is 5.99. The molecule has 2 aromatic carbocycles. The number of piperazine rings is 1. The molecule has 1 amide bonds. The van der Waals surface area contributed by atoms with Crippen molar-refractivity contribution in [1.82, 2.24) is 14.8 Å². The Morgan fingerprint density at radius 1 is 1.03 bits per heavy atom. The second-order valence-electron chi connectivity index (χ2n) is 8.23. The van der Waals surface area contributed by atoms with Crippen molar-refractivity contribution in [2.75, 3.05) is 26.2 Å². The Balaban J connectivity index is 1.43. The molecule has 0 radical (unpaired) electrons. The van der Waals surface area contributed by atoms with Crippen LogP contribution in [-0.2, 0) is 6.54 Å². The third kappa shape index (κ3) is 4.49. The molecule has 0 aliphatic carbocycles. The van der Waals surface area contributed by atoms with Crippen LogP contribution in [0.3, 0.4) is 0 Å².